The van der Waals surface area contributed by atoms with E-state index in [4.69, 9.17) is 0 Å². The van der Waals surface area contributed by atoms with E-state index in [1.54, 1.807) is 0 Å². The first-order valence-corrected chi connectivity index (χ1v) is 8.86. The monoisotopic (exact) mass is 372 g/mol. The molecule has 1 N–H and O–H groups in total. The van der Waals surface area contributed by atoms with Crippen LogP contribution in [0.3, 0.4) is 0 Å². The van der Waals surface area contributed by atoms with Gasteiger partial charge in [-0.25, -0.2) is 8.78 Å². The number of benzene rings is 2. The minimum absolute atomic E-state index is 0.181. The second-order valence-electron chi connectivity index (χ2n) is 6.14. The molecule has 4 rings (SSSR count). The van der Waals surface area contributed by atoms with E-state index in [-0.39, 0.29) is 16.9 Å². The lowest BCUT2D eigenvalue weighted by molar-refractivity contribution is -0.112. The van der Waals surface area contributed by atoms with Crippen LogP contribution in [-0.2, 0) is 17.8 Å². The lowest BCUT2D eigenvalue weighted by Gasteiger charge is -2.11. The van der Waals surface area contributed by atoms with Gasteiger partial charge >= 0.3 is 0 Å². The molecule has 2 aromatic carbocycles. The summed E-state index contributed by atoms with van der Waals surface area (Å²) in [7, 11) is 0. The van der Waals surface area contributed by atoms with Crippen molar-refractivity contribution >= 4 is 33.0 Å². The molecule has 7 heteroatoms. The Morgan fingerprint density at radius 1 is 1.08 bits per heavy atom. The SMILES string of the molecule is O=C1NC(Cc2cccc3c2ccn3Cc2ccc(F)cc2F)C(=O)S1. The average Bonchev–Trinajstić information content (AvgIpc) is 3.14. The van der Waals surface area contributed by atoms with Crippen LogP contribution < -0.4 is 5.32 Å². The van der Waals surface area contributed by atoms with Gasteiger partial charge in [0.1, 0.15) is 17.7 Å². The topological polar surface area (TPSA) is 51.1 Å². The first kappa shape index (κ1) is 16.8. The van der Waals surface area contributed by atoms with Gasteiger partial charge in [0, 0.05) is 46.9 Å². The number of aromatic nitrogens is 1. The summed E-state index contributed by atoms with van der Waals surface area (Å²) in [5.74, 6) is -1.19. The van der Waals surface area contributed by atoms with Gasteiger partial charge in [-0.2, -0.15) is 0 Å². The summed E-state index contributed by atoms with van der Waals surface area (Å²) in [6, 6.07) is 10.6. The summed E-state index contributed by atoms with van der Waals surface area (Å²) < 4.78 is 28.9. The molecule has 4 nitrogen and oxygen atoms in total. The second-order valence-corrected chi connectivity index (χ2v) is 7.12. The van der Waals surface area contributed by atoms with Gasteiger partial charge in [0.25, 0.3) is 5.24 Å². The highest BCUT2D eigenvalue weighted by Crippen LogP contribution is 2.26. The highest BCUT2D eigenvalue weighted by molar-refractivity contribution is 8.26. The Hall–Kier alpha value is -2.67. The van der Waals surface area contributed by atoms with E-state index in [0.717, 1.165) is 22.5 Å². The van der Waals surface area contributed by atoms with Crippen LogP contribution in [-0.4, -0.2) is 21.0 Å². The molecule has 1 saturated heterocycles. The Labute approximate surface area is 152 Å². The molecule has 1 fully saturated rings. The largest absolute Gasteiger partial charge is 0.343 e. The van der Waals surface area contributed by atoms with Crippen LogP contribution in [0, 0.1) is 11.6 Å². The zero-order chi connectivity index (χ0) is 18.3. The number of carbonyl (C=O) groups is 2. The zero-order valence-corrected chi connectivity index (χ0v) is 14.4. The predicted molar refractivity (Wildman–Crippen MR) is 96.0 cm³/mol. The first-order chi connectivity index (χ1) is 12.5. The summed E-state index contributed by atoms with van der Waals surface area (Å²) in [5, 5.41) is 3.09. The third-order valence-electron chi connectivity index (χ3n) is 4.45. The smallest absolute Gasteiger partial charge is 0.287 e. The quantitative estimate of drug-likeness (QED) is 0.757. The van der Waals surface area contributed by atoms with Crippen LogP contribution in [0.1, 0.15) is 11.1 Å². The normalized spacial score (nSPS) is 17.1. The van der Waals surface area contributed by atoms with E-state index in [9.17, 15) is 18.4 Å². The van der Waals surface area contributed by atoms with Gasteiger partial charge in [-0.3, -0.25) is 9.59 Å². The third kappa shape index (κ3) is 3.10. The van der Waals surface area contributed by atoms with E-state index in [1.165, 1.54) is 12.1 Å². The Kier molecular flexibility index (Phi) is 4.24. The number of carbonyl (C=O) groups excluding carboxylic acids is 2. The highest BCUT2D eigenvalue weighted by atomic mass is 32.2. The van der Waals surface area contributed by atoms with Crippen molar-refractivity contribution < 1.29 is 18.4 Å². The minimum Gasteiger partial charge on any atom is -0.343 e. The Balaban J connectivity index is 1.64. The molecule has 132 valence electrons. The molecule has 0 spiro atoms. The summed E-state index contributed by atoms with van der Waals surface area (Å²) >= 11 is 0.696. The molecule has 1 amide bonds. The van der Waals surface area contributed by atoms with Crippen LogP contribution in [0.2, 0.25) is 0 Å². The lowest BCUT2D eigenvalue weighted by atomic mass is 10.0. The van der Waals surface area contributed by atoms with Gasteiger partial charge in [-0.15, -0.1) is 0 Å². The van der Waals surface area contributed by atoms with Crippen molar-refractivity contribution in [2.75, 3.05) is 0 Å². The second kappa shape index (κ2) is 6.57. The van der Waals surface area contributed by atoms with Crippen molar-refractivity contribution in [1.82, 2.24) is 9.88 Å². The number of fused-ring (bicyclic) bond motifs is 1. The van der Waals surface area contributed by atoms with Gasteiger partial charge < -0.3 is 9.88 Å². The fourth-order valence-electron chi connectivity index (χ4n) is 3.18. The van der Waals surface area contributed by atoms with Crippen molar-refractivity contribution in [2.24, 2.45) is 0 Å². The van der Waals surface area contributed by atoms with Crippen LogP contribution in [0.4, 0.5) is 13.6 Å². The standard InChI is InChI=1S/C19H14F2N2O2S/c20-13-5-4-12(15(21)9-13)10-23-7-6-14-11(2-1-3-17(14)23)8-16-18(24)26-19(25)22-16/h1-7,9,16H,8,10H2,(H,22,25). The average molecular weight is 372 g/mol. The van der Waals surface area contributed by atoms with Crippen molar-refractivity contribution in [3.8, 4) is 0 Å². The predicted octanol–water partition coefficient (Wildman–Crippen LogP) is 3.86. The maximum Gasteiger partial charge on any atom is 0.287 e. The van der Waals surface area contributed by atoms with E-state index in [1.807, 2.05) is 35.0 Å². The zero-order valence-electron chi connectivity index (χ0n) is 13.5. The number of hydrogen-bond donors (Lipinski definition) is 1. The van der Waals surface area contributed by atoms with E-state index in [2.05, 4.69) is 5.32 Å². The maximum atomic E-state index is 13.9. The molecule has 0 saturated carbocycles. The van der Waals surface area contributed by atoms with E-state index in [0.29, 0.717) is 23.7 Å². The molecule has 2 heterocycles. The van der Waals surface area contributed by atoms with Gasteiger partial charge in [0.2, 0.25) is 5.12 Å². The number of nitrogens with zero attached hydrogens (tertiary/aromatic N) is 1. The molecule has 0 radical (unpaired) electrons. The molecule has 1 aliphatic rings. The van der Waals surface area contributed by atoms with Crippen LogP contribution in [0.5, 0.6) is 0 Å². The van der Waals surface area contributed by atoms with Crippen molar-refractivity contribution in [2.45, 2.75) is 19.0 Å². The highest BCUT2D eigenvalue weighted by Gasteiger charge is 2.31. The molecule has 0 bridgehead atoms. The fourth-order valence-corrected chi connectivity index (χ4v) is 3.85. The van der Waals surface area contributed by atoms with Gasteiger partial charge in [0.15, 0.2) is 0 Å². The van der Waals surface area contributed by atoms with Crippen molar-refractivity contribution in [3.63, 3.8) is 0 Å². The molecule has 1 atom stereocenters. The molecule has 3 aromatic rings. The van der Waals surface area contributed by atoms with Crippen LogP contribution in [0.25, 0.3) is 10.9 Å². The van der Waals surface area contributed by atoms with E-state index >= 15 is 0 Å². The Morgan fingerprint density at radius 3 is 2.65 bits per heavy atom. The number of halogens is 2. The Bertz CT molecular complexity index is 1030. The van der Waals surface area contributed by atoms with Crippen LogP contribution >= 0.6 is 11.8 Å². The van der Waals surface area contributed by atoms with Gasteiger partial charge in [0.05, 0.1) is 6.54 Å². The summed E-state index contributed by atoms with van der Waals surface area (Å²) in [4.78, 5) is 23.2. The van der Waals surface area contributed by atoms with Gasteiger partial charge in [-0.05, 0) is 23.8 Å². The molecule has 1 aliphatic heterocycles. The van der Waals surface area contributed by atoms with E-state index < -0.39 is 17.7 Å². The Morgan fingerprint density at radius 2 is 1.92 bits per heavy atom. The maximum absolute atomic E-state index is 13.9. The molecular weight excluding hydrogens is 358 g/mol. The molecule has 1 unspecified atom stereocenters. The fraction of sp³-hybridized carbons (Fsp3) is 0.158. The molecular formula is C19H14F2N2O2S. The van der Waals surface area contributed by atoms with Gasteiger partial charge in [-0.1, -0.05) is 18.2 Å². The summed E-state index contributed by atoms with van der Waals surface area (Å²) in [6.07, 6.45) is 2.24. The third-order valence-corrected chi connectivity index (χ3v) is 5.24. The number of amides is 1. The summed E-state index contributed by atoms with van der Waals surface area (Å²) in [6.45, 7) is 0.272. The number of nitrogens with one attached hydrogen (secondary N) is 1. The first-order valence-electron chi connectivity index (χ1n) is 8.04. The summed E-state index contributed by atoms with van der Waals surface area (Å²) in [5.41, 5.74) is 2.21. The number of rotatable bonds is 4. The van der Waals surface area contributed by atoms with Crippen molar-refractivity contribution in [1.29, 1.82) is 0 Å². The molecule has 0 aliphatic carbocycles. The molecule has 1 aromatic heterocycles. The minimum atomic E-state index is -0.605. The van der Waals surface area contributed by atoms with Crippen molar-refractivity contribution in [3.05, 3.63) is 71.4 Å². The number of hydrogen-bond acceptors (Lipinski definition) is 3. The molecule has 26 heavy (non-hydrogen) atoms. The lowest BCUT2D eigenvalue weighted by Crippen LogP contribution is -2.30. The number of thioether (sulfide) groups is 1. The van der Waals surface area contributed by atoms with Crippen LogP contribution in [0.15, 0.2) is 48.7 Å².